The zero-order valence-corrected chi connectivity index (χ0v) is 18.0. The highest BCUT2D eigenvalue weighted by atomic mass is 79.9. The third-order valence-corrected chi connectivity index (χ3v) is 5.33. The van der Waals surface area contributed by atoms with E-state index in [0.29, 0.717) is 23.9 Å². The summed E-state index contributed by atoms with van der Waals surface area (Å²) in [6.07, 6.45) is 3.52. The summed E-state index contributed by atoms with van der Waals surface area (Å²) in [5.74, 6) is 0.264. The third kappa shape index (κ3) is 6.33. The molecule has 2 aromatic rings. The average Bonchev–Trinajstić information content (AvgIpc) is 3.24. The molecule has 1 aliphatic rings. The van der Waals surface area contributed by atoms with Crippen LogP contribution in [0.1, 0.15) is 24.0 Å². The number of halogens is 2. The first-order valence-corrected chi connectivity index (χ1v) is 10.4. The Morgan fingerprint density at radius 2 is 2.14 bits per heavy atom. The number of nitrogens with one attached hydrogen (secondary N) is 1. The van der Waals surface area contributed by atoms with Gasteiger partial charge in [-0.05, 0) is 70.2 Å². The fourth-order valence-electron chi connectivity index (χ4n) is 2.89. The number of carbonyl (C=O) groups excluding carboxylic acids is 1. The number of nitriles is 1. The van der Waals surface area contributed by atoms with Crippen molar-refractivity contribution in [2.75, 3.05) is 13.2 Å². The minimum absolute atomic E-state index is 0.0325. The highest BCUT2D eigenvalue weighted by Gasteiger charge is 2.17. The molecule has 2 aromatic carbocycles. The summed E-state index contributed by atoms with van der Waals surface area (Å²) in [4.78, 5) is 12.3. The summed E-state index contributed by atoms with van der Waals surface area (Å²) in [6, 6.07) is 14.8. The van der Waals surface area contributed by atoms with Gasteiger partial charge in [0.2, 0.25) is 0 Å². The molecular weight excluding hydrogens is 456 g/mol. The molecule has 0 radical (unpaired) electrons. The van der Waals surface area contributed by atoms with Gasteiger partial charge in [0, 0.05) is 18.2 Å². The zero-order chi connectivity index (χ0) is 20.6. The largest absolute Gasteiger partial charge is 0.488 e. The minimum Gasteiger partial charge on any atom is -0.488 e. The highest BCUT2D eigenvalue weighted by Crippen LogP contribution is 2.28. The molecule has 1 amide bonds. The molecule has 5 nitrogen and oxygen atoms in total. The first-order valence-electron chi connectivity index (χ1n) is 9.23. The Bertz CT molecular complexity index is 932. The lowest BCUT2D eigenvalue weighted by atomic mass is 10.1. The molecule has 0 saturated carbocycles. The number of carbonyl (C=O) groups is 1. The number of nitrogens with zero attached hydrogens (tertiary/aromatic N) is 1. The van der Waals surface area contributed by atoms with E-state index in [0.717, 1.165) is 35.0 Å². The zero-order valence-electron chi connectivity index (χ0n) is 15.7. The molecule has 0 spiro atoms. The van der Waals surface area contributed by atoms with E-state index >= 15 is 0 Å². The van der Waals surface area contributed by atoms with Gasteiger partial charge in [-0.15, -0.1) is 0 Å². The molecule has 1 heterocycles. The average molecular weight is 476 g/mol. The maximum Gasteiger partial charge on any atom is 0.262 e. The molecule has 0 bridgehead atoms. The number of rotatable bonds is 7. The Balaban J connectivity index is 1.61. The Kier molecular flexibility index (Phi) is 7.70. The topological polar surface area (TPSA) is 71.3 Å². The van der Waals surface area contributed by atoms with Crippen LogP contribution in [0.15, 0.2) is 52.5 Å². The molecule has 0 aromatic heterocycles. The first-order chi connectivity index (χ1) is 14.0. The first kappa shape index (κ1) is 21.4. The van der Waals surface area contributed by atoms with Crippen molar-refractivity contribution in [1.82, 2.24) is 5.32 Å². The van der Waals surface area contributed by atoms with Crippen LogP contribution in [0, 0.1) is 11.3 Å². The van der Waals surface area contributed by atoms with E-state index in [2.05, 4.69) is 21.2 Å². The summed E-state index contributed by atoms with van der Waals surface area (Å²) in [5.41, 5.74) is 1.77. The van der Waals surface area contributed by atoms with Gasteiger partial charge in [-0.2, -0.15) is 5.26 Å². The molecule has 0 aliphatic carbocycles. The fraction of sp³-hybridized carbons (Fsp3) is 0.273. The quantitative estimate of drug-likeness (QED) is 0.457. The van der Waals surface area contributed by atoms with E-state index in [1.807, 2.05) is 36.4 Å². The Hall–Kier alpha value is -2.33. The van der Waals surface area contributed by atoms with Crippen molar-refractivity contribution in [3.8, 4) is 11.8 Å². The van der Waals surface area contributed by atoms with Crippen LogP contribution >= 0.6 is 27.5 Å². The van der Waals surface area contributed by atoms with E-state index in [4.69, 9.17) is 21.1 Å². The van der Waals surface area contributed by atoms with Crippen molar-refractivity contribution < 1.29 is 14.3 Å². The molecule has 150 valence electrons. The van der Waals surface area contributed by atoms with Crippen LogP contribution in [-0.4, -0.2) is 25.2 Å². The second-order valence-electron chi connectivity index (χ2n) is 6.62. The summed E-state index contributed by atoms with van der Waals surface area (Å²) < 4.78 is 12.0. The van der Waals surface area contributed by atoms with Gasteiger partial charge in [0.15, 0.2) is 0 Å². The van der Waals surface area contributed by atoms with Crippen LogP contribution in [0.3, 0.4) is 0 Å². The van der Waals surface area contributed by atoms with Crippen LogP contribution in [-0.2, 0) is 16.1 Å². The minimum atomic E-state index is -0.401. The van der Waals surface area contributed by atoms with Crippen LogP contribution in [0.5, 0.6) is 5.75 Å². The Labute approximate surface area is 183 Å². The Morgan fingerprint density at radius 3 is 2.79 bits per heavy atom. The molecular formula is C22H20BrClN2O3. The lowest BCUT2D eigenvalue weighted by Gasteiger charge is -2.11. The van der Waals surface area contributed by atoms with Crippen molar-refractivity contribution in [2.24, 2.45) is 0 Å². The van der Waals surface area contributed by atoms with Crippen LogP contribution in [0.25, 0.3) is 6.08 Å². The van der Waals surface area contributed by atoms with Gasteiger partial charge in [0.1, 0.15) is 24.0 Å². The molecule has 1 fully saturated rings. The van der Waals surface area contributed by atoms with Gasteiger partial charge in [-0.25, -0.2) is 0 Å². The van der Waals surface area contributed by atoms with Crippen molar-refractivity contribution in [2.45, 2.75) is 25.6 Å². The maximum absolute atomic E-state index is 12.3. The second-order valence-corrected chi connectivity index (χ2v) is 7.91. The lowest BCUT2D eigenvalue weighted by Crippen LogP contribution is -2.32. The molecule has 1 aliphatic heterocycles. The third-order valence-electron chi connectivity index (χ3n) is 4.45. The second kappa shape index (κ2) is 10.4. The summed E-state index contributed by atoms with van der Waals surface area (Å²) in [6.45, 7) is 1.54. The number of benzene rings is 2. The van der Waals surface area contributed by atoms with Gasteiger partial charge in [-0.3, -0.25) is 4.79 Å². The molecule has 1 N–H and O–H groups in total. The van der Waals surface area contributed by atoms with E-state index in [1.54, 1.807) is 18.2 Å². The van der Waals surface area contributed by atoms with E-state index in [1.165, 1.54) is 0 Å². The van der Waals surface area contributed by atoms with Crippen molar-refractivity contribution in [3.05, 3.63) is 68.7 Å². The number of ether oxygens (including phenoxy) is 2. The predicted molar refractivity (Wildman–Crippen MR) is 115 cm³/mol. The number of hydrogen-bond acceptors (Lipinski definition) is 4. The normalized spacial score (nSPS) is 16.3. The Morgan fingerprint density at radius 1 is 1.34 bits per heavy atom. The summed E-state index contributed by atoms with van der Waals surface area (Å²) in [7, 11) is 0. The predicted octanol–water partition coefficient (Wildman–Crippen LogP) is 4.88. The van der Waals surface area contributed by atoms with Crippen molar-refractivity contribution in [3.63, 3.8) is 0 Å². The molecule has 1 atom stereocenters. The SMILES string of the molecule is N#C/C(=C\c1ccc(OCc2ccc(Cl)cc2)c(Br)c1)C(=O)NC[C@@H]1CCCO1. The molecule has 1 saturated heterocycles. The highest BCUT2D eigenvalue weighted by molar-refractivity contribution is 9.10. The summed E-state index contributed by atoms with van der Waals surface area (Å²) >= 11 is 9.37. The molecule has 29 heavy (non-hydrogen) atoms. The molecule has 0 unspecified atom stereocenters. The fourth-order valence-corrected chi connectivity index (χ4v) is 3.52. The monoisotopic (exact) mass is 474 g/mol. The standard InChI is InChI=1S/C22H20BrClN2O3/c23-20-11-16(5-8-21(20)29-14-15-3-6-18(24)7-4-15)10-17(12-25)22(27)26-13-19-2-1-9-28-19/h3-8,10-11,19H,1-2,9,13-14H2,(H,26,27)/b17-10+/t19-/m0/s1. The summed E-state index contributed by atoms with van der Waals surface area (Å²) in [5, 5.41) is 12.8. The van der Waals surface area contributed by atoms with Crippen LogP contribution < -0.4 is 10.1 Å². The van der Waals surface area contributed by atoms with E-state index in [9.17, 15) is 10.1 Å². The number of amides is 1. The maximum atomic E-state index is 12.3. The lowest BCUT2D eigenvalue weighted by molar-refractivity contribution is -0.117. The van der Waals surface area contributed by atoms with Crippen LogP contribution in [0.4, 0.5) is 0 Å². The molecule has 3 rings (SSSR count). The van der Waals surface area contributed by atoms with E-state index in [-0.39, 0.29) is 11.7 Å². The van der Waals surface area contributed by atoms with Gasteiger partial charge in [0.25, 0.3) is 5.91 Å². The van der Waals surface area contributed by atoms with Gasteiger partial charge < -0.3 is 14.8 Å². The van der Waals surface area contributed by atoms with Gasteiger partial charge in [-0.1, -0.05) is 29.8 Å². The van der Waals surface area contributed by atoms with Gasteiger partial charge in [0.05, 0.1) is 10.6 Å². The van der Waals surface area contributed by atoms with Gasteiger partial charge >= 0.3 is 0 Å². The smallest absolute Gasteiger partial charge is 0.262 e. The van der Waals surface area contributed by atoms with E-state index < -0.39 is 5.91 Å². The number of hydrogen-bond donors (Lipinski definition) is 1. The van der Waals surface area contributed by atoms with Crippen molar-refractivity contribution in [1.29, 1.82) is 5.26 Å². The van der Waals surface area contributed by atoms with Crippen molar-refractivity contribution >= 4 is 39.5 Å². The van der Waals surface area contributed by atoms with Crippen LogP contribution in [0.2, 0.25) is 5.02 Å². The molecule has 7 heteroatoms.